The highest BCUT2D eigenvalue weighted by atomic mass is 79.9. The number of hydrogen-bond donors (Lipinski definition) is 1. The average molecular weight is 443 g/mol. The van der Waals surface area contributed by atoms with Crippen molar-refractivity contribution in [3.05, 3.63) is 61.5 Å². The van der Waals surface area contributed by atoms with Gasteiger partial charge >= 0.3 is 6.18 Å². The maximum atomic E-state index is 12.7. The summed E-state index contributed by atoms with van der Waals surface area (Å²) >= 11 is 12.6. The number of rotatable bonds is 3. The van der Waals surface area contributed by atoms with Crippen LogP contribution in [0.3, 0.4) is 0 Å². The summed E-state index contributed by atoms with van der Waals surface area (Å²) in [6.07, 6.45) is -4.37. The van der Waals surface area contributed by atoms with Gasteiger partial charge in [0.15, 0.2) is 0 Å². The molecule has 0 saturated carbocycles. The first kappa shape index (κ1) is 16.6. The van der Waals surface area contributed by atoms with Crippen LogP contribution < -0.4 is 5.32 Å². The summed E-state index contributed by atoms with van der Waals surface area (Å²) < 4.78 is 39.5. The molecule has 0 heterocycles. The van der Waals surface area contributed by atoms with Crippen molar-refractivity contribution >= 4 is 49.1 Å². The molecule has 0 amide bonds. The third-order valence-corrected chi connectivity index (χ3v) is 4.32. The summed E-state index contributed by atoms with van der Waals surface area (Å²) in [6.45, 7) is 0.318. The monoisotopic (exact) mass is 441 g/mol. The SMILES string of the molecule is FC(F)(F)c1ccc(Br)c(NCc2cc(Br)ccc2Cl)c1. The largest absolute Gasteiger partial charge is 0.416 e. The summed E-state index contributed by atoms with van der Waals surface area (Å²) in [5.74, 6) is 0. The van der Waals surface area contributed by atoms with E-state index in [2.05, 4.69) is 37.2 Å². The fraction of sp³-hybridized carbons (Fsp3) is 0.143. The van der Waals surface area contributed by atoms with Gasteiger partial charge in [-0.15, -0.1) is 0 Å². The molecule has 0 saturated heterocycles. The topological polar surface area (TPSA) is 12.0 Å². The molecule has 0 aliphatic rings. The number of benzene rings is 2. The molecule has 7 heteroatoms. The minimum atomic E-state index is -4.37. The van der Waals surface area contributed by atoms with Gasteiger partial charge in [-0.05, 0) is 57.9 Å². The Balaban J connectivity index is 2.22. The van der Waals surface area contributed by atoms with Gasteiger partial charge in [0, 0.05) is 26.2 Å². The van der Waals surface area contributed by atoms with E-state index < -0.39 is 11.7 Å². The van der Waals surface area contributed by atoms with Gasteiger partial charge in [0.05, 0.1) is 5.56 Å². The Kier molecular flexibility index (Phi) is 5.22. The van der Waals surface area contributed by atoms with E-state index in [0.29, 0.717) is 21.7 Å². The molecule has 0 atom stereocenters. The predicted molar refractivity (Wildman–Crippen MR) is 85.6 cm³/mol. The molecule has 2 aromatic carbocycles. The van der Waals surface area contributed by atoms with Gasteiger partial charge in [-0.3, -0.25) is 0 Å². The Labute approximate surface area is 141 Å². The Hall–Kier alpha value is -0.720. The van der Waals surface area contributed by atoms with E-state index in [1.807, 2.05) is 6.07 Å². The quantitative estimate of drug-likeness (QED) is 0.571. The zero-order valence-corrected chi connectivity index (χ0v) is 14.4. The minimum absolute atomic E-state index is 0.318. The predicted octanol–water partition coefficient (Wildman–Crippen LogP) is 6.50. The average Bonchev–Trinajstić information content (AvgIpc) is 2.40. The van der Waals surface area contributed by atoms with Crippen LogP contribution in [0, 0.1) is 0 Å². The van der Waals surface area contributed by atoms with Gasteiger partial charge in [-0.25, -0.2) is 0 Å². The number of alkyl halides is 3. The lowest BCUT2D eigenvalue weighted by atomic mass is 10.1. The lowest BCUT2D eigenvalue weighted by molar-refractivity contribution is -0.137. The smallest absolute Gasteiger partial charge is 0.380 e. The fourth-order valence-electron chi connectivity index (χ4n) is 1.71. The van der Waals surface area contributed by atoms with Gasteiger partial charge in [-0.1, -0.05) is 27.5 Å². The Morgan fingerprint density at radius 3 is 2.43 bits per heavy atom. The highest BCUT2D eigenvalue weighted by molar-refractivity contribution is 9.10. The molecular weight excluding hydrogens is 434 g/mol. The van der Waals surface area contributed by atoms with Crippen molar-refractivity contribution in [1.29, 1.82) is 0 Å². The van der Waals surface area contributed by atoms with Crippen molar-refractivity contribution in [2.24, 2.45) is 0 Å². The number of anilines is 1. The third kappa shape index (κ3) is 4.37. The second kappa shape index (κ2) is 6.58. The Morgan fingerprint density at radius 2 is 1.76 bits per heavy atom. The van der Waals surface area contributed by atoms with Crippen molar-refractivity contribution in [1.82, 2.24) is 0 Å². The molecular formula is C14H9Br2ClF3N. The first-order chi connectivity index (χ1) is 9.77. The van der Waals surface area contributed by atoms with Gasteiger partial charge in [0.25, 0.3) is 0 Å². The molecule has 112 valence electrons. The lowest BCUT2D eigenvalue weighted by Crippen LogP contribution is -2.07. The standard InChI is InChI=1S/C14H9Br2ClF3N/c15-10-2-4-12(17)8(5-10)7-21-13-6-9(14(18,19)20)1-3-11(13)16/h1-6,21H,7H2. The molecule has 0 aromatic heterocycles. The maximum absolute atomic E-state index is 12.7. The minimum Gasteiger partial charge on any atom is -0.380 e. The summed E-state index contributed by atoms with van der Waals surface area (Å²) in [7, 11) is 0. The first-order valence-electron chi connectivity index (χ1n) is 5.82. The van der Waals surface area contributed by atoms with Crippen LogP contribution in [0.4, 0.5) is 18.9 Å². The normalized spacial score (nSPS) is 11.5. The molecule has 1 N–H and O–H groups in total. The molecule has 0 fully saturated rings. The molecule has 2 aromatic rings. The zero-order chi connectivity index (χ0) is 15.6. The number of nitrogens with one attached hydrogen (secondary N) is 1. The molecule has 21 heavy (non-hydrogen) atoms. The van der Waals surface area contributed by atoms with Gasteiger partial charge in [0.1, 0.15) is 0 Å². The fourth-order valence-corrected chi connectivity index (χ4v) is 2.69. The van der Waals surface area contributed by atoms with Gasteiger partial charge < -0.3 is 5.32 Å². The molecule has 0 aliphatic heterocycles. The second-order valence-corrected chi connectivity index (χ2v) is 6.46. The highest BCUT2D eigenvalue weighted by Gasteiger charge is 2.30. The Morgan fingerprint density at radius 1 is 1.05 bits per heavy atom. The molecule has 0 radical (unpaired) electrons. The van der Waals surface area contributed by atoms with Crippen molar-refractivity contribution < 1.29 is 13.2 Å². The molecule has 0 aliphatic carbocycles. The van der Waals surface area contributed by atoms with E-state index >= 15 is 0 Å². The number of hydrogen-bond acceptors (Lipinski definition) is 1. The molecule has 0 spiro atoms. The van der Waals surface area contributed by atoms with Crippen LogP contribution in [-0.4, -0.2) is 0 Å². The van der Waals surface area contributed by atoms with Gasteiger partial charge in [0.2, 0.25) is 0 Å². The summed E-state index contributed by atoms with van der Waals surface area (Å²) in [4.78, 5) is 0. The molecule has 0 bridgehead atoms. The van der Waals surface area contributed by atoms with Crippen molar-refractivity contribution in [3.8, 4) is 0 Å². The van der Waals surface area contributed by atoms with E-state index in [4.69, 9.17) is 11.6 Å². The zero-order valence-electron chi connectivity index (χ0n) is 10.4. The number of halogens is 6. The van der Waals surface area contributed by atoms with Crippen LogP contribution in [0.2, 0.25) is 5.02 Å². The first-order valence-corrected chi connectivity index (χ1v) is 7.78. The van der Waals surface area contributed by atoms with E-state index in [1.54, 1.807) is 12.1 Å². The Bertz CT molecular complexity index is 659. The molecule has 2 rings (SSSR count). The molecule has 0 unspecified atom stereocenters. The second-order valence-electron chi connectivity index (χ2n) is 4.28. The molecule has 1 nitrogen and oxygen atoms in total. The van der Waals surface area contributed by atoms with Crippen LogP contribution >= 0.6 is 43.5 Å². The summed E-state index contributed by atoms with van der Waals surface area (Å²) in [5.41, 5.74) is 0.449. The van der Waals surface area contributed by atoms with E-state index in [9.17, 15) is 13.2 Å². The van der Waals surface area contributed by atoms with E-state index in [-0.39, 0.29) is 0 Å². The van der Waals surface area contributed by atoms with E-state index in [0.717, 1.165) is 22.2 Å². The lowest BCUT2D eigenvalue weighted by Gasteiger charge is -2.13. The van der Waals surface area contributed by atoms with Crippen LogP contribution in [0.5, 0.6) is 0 Å². The van der Waals surface area contributed by atoms with Crippen LogP contribution in [0.1, 0.15) is 11.1 Å². The van der Waals surface area contributed by atoms with Crippen molar-refractivity contribution in [2.75, 3.05) is 5.32 Å². The highest BCUT2D eigenvalue weighted by Crippen LogP contribution is 2.34. The van der Waals surface area contributed by atoms with Gasteiger partial charge in [-0.2, -0.15) is 13.2 Å². The van der Waals surface area contributed by atoms with Crippen LogP contribution in [0.15, 0.2) is 45.3 Å². The van der Waals surface area contributed by atoms with Crippen molar-refractivity contribution in [2.45, 2.75) is 12.7 Å². The van der Waals surface area contributed by atoms with E-state index in [1.165, 1.54) is 6.07 Å². The summed E-state index contributed by atoms with van der Waals surface area (Å²) in [6, 6.07) is 8.80. The third-order valence-electron chi connectivity index (χ3n) is 2.77. The van der Waals surface area contributed by atoms with Crippen LogP contribution in [0.25, 0.3) is 0 Å². The van der Waals surface area contributed by atoms with Crippen molar-refractivity contribution in [3.63, 3.8) is 0 Å². The maximum Gasteiger partial charge on any atom is 0.416 e. The summed E-state index contributed by atoms with van der Waals surface area (Å²) in [5, 5.41) is 3.51. The van der Waals surface area contributed by atoms with Crippen LogP contribution in [-0.2, 0) is 12.7 Å².